The normalized spacial score (nSPS) is 12.7. The third kappa shape index (κ3) is 5.76. The second kappa shape index (κ2) is 8.77. The van der Waals surface area contributed by atoms with Crippen LogP contribution < -0.4 is 10.1 Å². The van der Waals surface area contributed by atoms with Crippen molar-refractivity contribution in [1.29, 1.82) is 0 Å². The van der Waals surface area contributed by atoms with E-state index >= 15 is 0 Å². The predicted molar refractivity (Wildman–Crippen MR) is 86.2 cm³/mol. The lowest BCUT2D eigenvalue weighted by Gasteiger charge is -2.28. The molecule has 3 nitrogen and oxygen atoms in total. The van der Waals surface area contributed by atoms with Crippen molar-refractivity contribution in [2.45, 2.75) is 26.4 Å². The van der Waals surface area contributed by atoms with Gasteiger partial charge in [0, 0.05) is 19.1 Å². The lowest BCUT2D eigenvalue weighted by Crippen LogP contribution is -2.41. The van der Waals surface area contributed by atoms with E-state index in [9.17, 15) is 0 Å². The monoisotopic (exact) mass is 276 g/mol. The van der Waals surface area contributed by atoms with Gasteiger partial charge >= 0.3 is 0 Å². The summed E-state index contributed by atoms with van der Waals surface area (Å²) in [6.45, 7) is 10.6. The summed E-state index contributed by atoms with van der Waals surface area (Å²) < 4.78 is 5.47. The topological polar surface area (TPSA) is 24.5 Å². The Morgan fingerprint density at radius 1 is 1.25 bits per heavy atom. The first kappa shape index (κ1) is 16.7. The molecule has 0 amide bonds. The SMILES string of the molecule is C=CCOc1ccc(CNCC(C(C)C)N(C)C)cc1. The Balaban J connectivity index is 2.39. The van der Waals surface area contributed by atoms with Crippen LogP contribution in [0.25, 0.3) is 0 Å². The van der Waals surface area contributed by atoms with Gasteiger partial charge in [-0.2, -0.15) is 0 Å². The molecule has 0 bridgehead atoms. The maximum Gasteiger partial charge on any atom is 0.119 e. The Morgan fingerprint density at radius 2 is 1.90 bits per heavy atom. The average Bonchev–Trinajstić information content (AvgIpc) is 2.41. The van der Waals surface area contributed by atoms with Crippen LogP contribution in [0, 0.1) is 5.92 Å². The van der Waals surface area contributed by atoms with Gasteiger partial charge in [0.2, 0.25) is 0 Å². The molecule has 3 heteroatoms. The molecular weight excluding hydrogens is 248 g/mol. The Labute approximate surface area is 123 Å². The van der Waals surface area contributed by atoms with Crippen LogP contribution >= 0.6 is 0 Å². The van der Waals surface area contributed by atoms with E-state index in [1.165, 1.54) is 5.56 Å². The largest absolute Gasteiger partial charge is 0.490 e. The summed E-state index contributed by atoms with van der Waals surface area (Å²) in [4.78, 5) is 2.28. The van der Waals surface area contributed by atoms with E-state index in [1.54, 1.807) is 6.08 Å². The fraction of sp³-hybridized carbons (Fsp3) is 0.529. The van der Waals surface area contributed by atoms with Crippen LogP contribution in [0.5, 0.6) is 5.75 Å². The van der Waals surface area contributed by atoms with E-state index in [0.717, 1.165) is 18.8 Å². The van der Waals surface area contributed by atoms with Crippen molar-refractivity contribution in [2.24, 2.45) is 5.92 Å². The van der Waals surface area contributed by atoms with Crippen LogP contribution in [0.15, 0.2) is 36.9 Å². The number of hydrogen-bond acceptors (Lipinski definition) is 3. The molecule has 0 radical (unpaired) electrons. The Bertz CT molecular complexity index is 376. The smallest absolute Gasteiger partial charge is 0.119 e. The zero-order valence-electron chi connectivity index (χ0n) is 13.2. The Kier molecular flexibility index (Phi) is 7.34. The molecule has 0 saturated heterocycles. The quantitative estimate of drug-likeness (QED) is 0.702. The zero-order chi connectivity index (χ0) is 15.0. The molecule has 0 aromatic heterocycles. The van der Waals surface area contributed by atoms with Gasteiger partial charge in [0.05, 0.1) is 0 Å². The zero-order valence-corrected chi connectivity index (χ0v) is 13.2. The molecule has 1 unspecified atom stereocenters. The minimum atomic E-state index is 0.552. The summed E-state index contributed by atoms with van der Waals surface area (Å²) in [7, 11) is 4.27. The van der Waals surface area contributed by atoms with Gasteiger partial charge in [0.1, 0.15) is 12.4 Å². The first-order chi connectivity index (χ1) is 9.54. The molecule has 0 spiro atoms. The first-order valence-corrected chi connectivity index (χ1v) is 7.24. The van der Waals surface area contributed by atoms with Crippen LogP contribution in [0.3, 0.4) is 0 Å². The first-order valence-electron chi connectivity index (χ1n) is 7.24. The van der Waals surface area contributed by atoms with Gasteiger partial charge in [0.15, 0.2) is 0 Å². The summed E-state index contributed by atoms with van der Waals surface area (Å²) in [5.41, 5.74) is 1.28. The number of likely N-dealkylation sites (N-methyl/N-ethyl adjacent to an activating group) is 1. The Morgan fingerprint density at radius 3 is 2.40 bits per heavy atom. The third-order valence-corrected chi connectivity index (χ3v) is 3.41. The minimum Gasteiger partial charge on any atom is -0.490 e. The molecule has 1 aromatic carbocycles. The van der Waals surface area contributed by atoms with Gasteiger partial charge in [0.25, 0.3) is 0 Å². The van der Waals surface area contributed by atoms with Gasteiger partial charge in [-0.05, 0) is 37.7 Å². The van der Waals surface area contributed by atoms with Crippen LogP contribution in [-0.2, 0) is 6.54 Å². The molecular formula is C17H28N2O. The van der Waals surface area contributed by atoms with Gasteiger partial charge in [-0.1, -0.05) is 38.6 Å². The van der Waals surface area contributed by atoms with Gasteiger partial charge in [-0.15, -0.1) is 0 Å². The van der Waals surface area contributed by atoms with E-state index in [4.69, 9.17) is 4.74 Å². The predicted octanol–water partition coefficient (Wildman–Crippen LogP) is 2.93. The van der Waals surface area contributed by atoms with Crippen molar-refractivity contribution in [1.82, 2.24) is 10.2 Å². The molecule has 0 saturated carbocycles. The number of rotatable bonds is 9. The van der Waals surface area contributed by atoms with Crippen molar-refractivity contribution >= 4 is 0 Å². The number of ether oxygens (including phenoxy) is 1. The maximum atomic E-state index is 5.47. The lowest BCUT2D eigenvalue weighted by molar-refractivity contribution is 0.224. The summed E-state index contributed by atoms with van der Waals surface area (Å²) in [5.74, 6) is 1.54. The summed E-state index contributed by atoms with van der Waals surface area (Å²) in [6.07, 6.45) is 1.75. The van der Waals surface area contributed by atoms with Gasteiger partial charge < -0.3 is 15.0 Å². The molecule has 1 aromatic rings. The highest BCUT2D eigenvalue weighted by molar-refractivity contribution is 5.27. The molecule has 1 rings (SSSR count). The average molecular weight is 276 g/mol. The van der Waals surface area contributed by atoms with Crippen molar-refractivity contribution in [3.63, 3.8) is 0 Å². The number of benzene rings is 1. The van der Waals surface area contributed by atoms with E-state index in [-0.39, 0.29) is 0 Å². The minimum absolute atomic E-state index is 0.552. The summed E-state index contributed by atoms with van der Waals surface area (Å²) >= 11 is 0. The van der Waals surface area contributed by atoms with Crippen LogP contribution in [-0.4, -0.2) is 38.2 Å². The van der Waals surface area contributed by atoms with Crippen molar-refractivity contribution in [3.8, 4) is 5.75 Å². The van der Waals surface area contributed by atoms with E-state index in [2.05, 4.69) is 56.9 Å². The number of nitrogens with zero attached hydrogens (tertiary/aromatic N) is 1. The lowest BCUT2D eigenvalue weighted by atomic mass is 10.0. The molecule has 0 heterocycles. The summed E-state index contributed by atoms with van der Waals surface area (Å²) in [5, 5.41) is 3.53. The molecule has 0 fully saturated rings. The number of nitrogens with one attached hydrogen (secondary N) is 1. The molecule has 0 aliphatic carbocycles. The Hall–Kier alpha value is -1.32. The van der Waals surface area contributed by atoms with E-state index in [0.29, 0.717) is 18.6 Å². The summed E-state index contributed by atoms with van der Waals surface area (Å²) in [6, 6.07) is 8.78. The van der Waals surface area contributed by atoms with Crippen LogP contribution in [0.1, 0.15) is 19.4 Å². The van der Waals surface area contributed by atoms with Crippen LogP contribution in [0.4, 0.5) is 0 Å². The number of hydrogen-bond donors (Lipinski definition) is 1. The molecule has 1 N–H and O–H groups in total. The molecule has 20 heavy (non-hydrogen) atoms. The van der Waals surface area contributed by atoms with Gasteiger partial charge in [-0.25, -0.2) is 0 Å². The molecule has 112 valence electrons. The highest BCUT2D eigenvalue weighted by Gasteiger charge is 2.14. The third-order valence-electron chi connectivity index (χ3n) is 3.41. The molecule has 0 aliphatic heterocycles. The van der Waals surface area contributed by atoms with Gasteiger partial charge in [-0.3, -0.25) is 0 Å². The van der Waals surface area contributed by atoms with Crippen molar-refractivity contribution in [2.75, 3.05) is 27.2 Å². The maximum absolute atomic E-state index is 5.47. The van der Waals surface area contributed by atoms with E-state index < -0.39 is 0 Å². The highest BCUT2D eigenvalue weighted by Crippen LogP contribution is 2.12. The fourth-order valence-corrected chi connectivity index (χ4v) is 2.24. The standard InChI is InChI=1S/C17H28N2O/c1-6-11-20-16-9-7-15(8-10-16)12-18-13-17(14(2)3)19(4)5/h6-10,14,17-18H,1,11-13H2,2-5H3. The molecule has 1 atom stereocenters. The second-order valence-electron chi connectivity index (χ2n) is 5.65. The van der Waals surface area contributed by atoms with E-state index in [1.807, 2.05) is 12.1 Å². The molecule has 0 aliphatic rings. The van der Waals surface area contributed by atoms with Crippen LogP contribution in [0.2, 0.25) is 0 Å². The van der Waals surface area contributed by atoms with Crippen molar-refractivity contribution < 1.29 is 4.74 Å². The highest BCUT2D eigenvalue weighted by atomic mass is 16.5. The second-order valence-corrected chi connectivity index (χ2v) is 5.65. The van der Waals surface area contributed by atoms with Crippen molar-refractivity contribution in [3.05, 3.63) is 42.5 Å². The fourth-order valence-electron chi connectivity index (χ4n) is 2.24.